The summed E-state index contributed by atoms with van der Waals surface area (Å²) >= 11 is 0. The Morgan fingerprint density at radius 1 is 0.640 bits per heavy atom. The van der Waals surface area contributed by atoms with Crippen LogP contribution < -0.4 is 31.8 Å². The van der Waals surface area contributed by atoms with Gasteiger partial charge in [-0.1, -0.05) is 50.2 Å². The highest BCUT2D eigenvalue weighted by atomic mass is 16.5. The van der Waals surface area contributed by atoms with Crippen LogP contribution >= 0.6 is 0 Å². The van der Waals surface area contributed by atoms with E-state index in [1.165, 1.54) is 12.1 Å². The van der Waals surface area contributed by atoms with Gasteiger partial charge in [-0.2, -0.15) is 9.97 Å². The molecular formula is C36H36N4O10. The minimum Gasteiger partial charge on any atom is -0.460 e. The highest BCUT2D eigenvalue weighted by Gasteiger charge is 2.15. The zero-order chi connectivity index (χ0) is 35.9. The summed E-state index contributed by atoms with van der Waals surface area (Å²) in [4.78, 5) is 61.2. The maximum Gasteiger partial charge on any atom is 0.337 e. The average molecular weight is 685 g/mol. The van der Waals surface area contributed by atoms with E-state index in [4.69, 9.17) is 18.3 Å². The Kier molecular flexibility index (Phi) is 11.0. The molecule has 0 unspecified atom stereocenters. The summed E-state index contributed by atoms with van der Waals surface area (Å²) in [5, 5.41) is 19.4. The van der Waals surface area contributed by atoms with Gasteiger partial charge in [-0.25, -0.2) is 9.59 Å². The fourth-order valence-corrected chi connectivity index (χ4v) is 5.47. The molecule has 4 N–H and O–H groups in total. The lowest BCUT2D eigenvalue weighted by atomic mass is 10.0. The Morgan fingerprint density at radius 3 is 1.40 bits per heavy atom. The number of aromatic amines is 2. The molecule has 0 saturated heterocycles. The third kappa shape index (κ3) is 7.72. The van der Waals surface area contributed by atoms with Gasteiger partial charge in [0.1, 0.15) is 24.0 Å². The molecule has 0 aliphatic carbocycles. The van der Waals surface area contributed by atoms with Crippen LogP contribution in [0.2, 0.25) is 0 Å². The quantitative estimate of drug-likeness (QED) is 0.163. The number of fused-ring (bicyclic) bond motifs is 2. The van der Waals surface area contributed by atoms with E-state index in [9.17, 15) is 29.4 Å². The van der Waals surface area contributed by atoms with Gasteiger partial charge in [-0.05, 0) is 71.2 Å². The fourth-order valence-electron chi connectivity index (χ4n) is 5.47. The normalized spacial score (nSPS) is 11.0. The number of aliphatic hydroxyl groups is 2. The van der Waals surface area contributed by atoms with Gasteiger partial charge in [0.25, 0.3) is 23.1 Å². The molecule has 4 aromatic heterocycles. The first kappa shape index (κ1) is 35.4. The lowest BCUT2D eigenvalue weighted by Crippen LogP contribution is -2.15. The van der Waals surface area contributed by atoms with E-state index in [0.29, 0.717) is 24.0 Å². The molecule has 0 fully saturated rings. The maximum atomic E-state index is 12.3. The van der Waals surface area contributed by atoms with E-state index in [0.717, 1.165) is 33.4 Å². The monoisotopic (exact) mass is 684 g/mol. The Labute approximate surface area is 284 Å². The molecule has 6 aromatic rings. The van der Waals surface area contributed by atoms with Crippen LogP contribution in [0.3, 0.4) is 0 Å². The summed E-state index contributed by atoms with van der Waals surface area (Å²) in [6.07, 6.45) is 1.02. The van der Waals surface area contributed by atoms with Gasteiger partial charge in [0, 0.05) is 12.1 Å². The van der Waals surface area contributed by atoms with Gasteiger partial charge in [-0.3, -0.25) is 19.6 Å². The molecule has 2 aromatic carbocycles. The van der Waals surface area contributed by atoms with Crippen LogP contribution in [0.15, 0.2) is 76.5 Å². The first-order valence-electron chi connectivity index (χ1n) is 15.8. The van der Waals surface area contributed by atoms with Crippen molar-refractivity contribution in [3.63, 3.8) is 0 Å². The zero-order valence-corrected chi connectivity index (χ0v) is 27.9. The number of aliphatic hydroxyl groups excluding tert-OH is 2. The molecule has 0 aliphatic heterocycles. The van der Waals surface area contributed by atoms with Gasteiger partial charge >= 0.3 is 11.3 Å². The maximum absolute atomic E-state index is 12.3. The summed E-state index contributed by atoms with van der Waals surface area (Å²) in [6.45, 7) is 7.50. The van der Waals surface area contributed by atoms with Crippen LogP contribution in [0.4, 0.5) is 0 Å². The van der Waals surface area contributed by atoms with Crippen LogP contribution in [-0.4, -0.2) is 30.1 Å². The number of nitrogens with zero attached hydrogens (tertiary/aromatic N) is 2. The van der Waals surface area contributed by atoms with Crippen LogP contribution in [0.1, 0.15) is 58.4 Å². The number of hydrogen-bond donors (Lipinski definition) is 4. The van der Waals surface area contributed by atoms with Crippen molar-refractivity contribution in [1.82, 2.24) is 19.9 Å². The third-order valence-electron chi connectivity index (χ3n) is 8.17. The zero-order valence-electron chi connectivity index (χ0n) is 27.9. The highest BCUT2D eigenvalue weighted by Crippen LogP contribution is 2.20. The minimum atomic E-state index is -0.560. The molecule has 6 rings (SSSR count). The number of hydrogen-bond acceptors (Lipinski definition) is 12. The van der Waals surface area contributed by atoms with Crippen molar-refractivity contribution in [1.29, 1.82) is 0 Å². The second kappa shape index (κ2) is 15.6. The standard InChI is InChI=1S/2C18H18N2O5/c2*1-3-11-7-14(22)25-17-15(11)16(23)19-18(20-17)24-9-13-10(2)5-4-6-12(13)8-21/h2*4-7,21H,3,8-9H2,1-2H3,(H,19,20,23). The topological polar surface area (TPSA) is 211 Å². The number of nitrogens with one attached hydrogen (secondary N) is 2. The molecule has 0 saturated carbocycles. The van der Waals surface area contributed by atoms with Gasteiger partial charge in [-0.15, -0.1) is 0 Å². The van der Waals surface area contributed by atoms with Gasteiger partial charge in [0.2, 0.25) is 11.4 Å². The van der Waals surface area contributed by atoms with Crippen LogP contribution in [0.5, 0.6) is 12.0 Å². The predicted octanol–water partition coefficient (Wildman–Crippen LogP) is 3.64. The number of H-pyrrole nitrogens is 2. The molecule has 0 atom stereocenters. The van der Waals surface area contributed by atoms with Gasteiger partial charge in [0.15, 0.2) is 0 Å². The van der Waals surface area contributed by atoms with Gasteiger partial charge < -0.3 is 28.5 Å². The van der Waals surface area contributed by atoms with E-state index >= 15 is 0 Å². The summed E-state index contributed by atoms with van der Waals surface area (Å²) in [7, 11) is 0. The third-order valence-corrected chi connectivity index (χ3v) is 8.17. The smallest absolute Gasteiger partial charge is 0.337 e. The molecule has 0 amide bonds. The van der Waals surface area contributed by atoms with Crippen molar-refractivity contribution in [3.8, 4) is 12.0 Å². The van der Waals surface area contributed by atoms with Crippen molar-refractivity contribution < 1.29 is 28.5 Å². The van der Waals surface area contributed by atoms with Crippen molar-refractivity contribution >= 4 is 22.2 Å². The molecule has 50 heavy (non-hydrogen) atoms. The van der Waals surface area contributed by atoms with E-state index < -0.39 is 22.4 Å². The Bertz CT molecular complexity index is 2240. The summed E-state index contributed by atoms with van der Waals surface area (Å²) in [6, 6.07) is 13.6. The average Bonchev–Trinajstić information content (AvgIpc) is 3.09. The van der Waals surface area contributed by atoms with Crippen molar-refractivity contribution in [2.75, 3.05) is 0 Å². The second-order valence-corrected chi connectivity index (χ2v) is 11.3. The number of aromatic nitrogens is 4. The highest BCUT2D eigenvalue weighted by molar-refractivity contribution is 5.76. The molecule has 14 nitrogen and oxygen atoms in total. The lowest BCUT2D eigenvalue weighted by molar-refractivity contribution is 0.259. The Hall–Kier alpha value is -5.86. The van der Waals surface area contributed by atoms with Crippen molar-refractivity contribution in [3.05, 3.63) is 135 Å². The second-order valence-electron chi connectivity index (χ2n) is 11.3. The Balaban J connectivity index is 0.000000194. The SMILES string of the molecule is CCc1cc(=O)oc2nc(OCc3c(C)cccc3CO)[nH]c(=O)c12.CCc1cc(=O)oc2nc(OCc3c(C)cccc3CO)[nH]c(=O)c12. The lowest BCUT2D eigenvalue weighted by Gasteiger charge is -2.12. The van der Waals surface area contributed by atoms with Crippen molar-refractivity contribution in [2.45, 2.75) is 67.0 Å². The predicted molar refractivity (Wildman–Crippen MR) is 183 cm³/mol. The number of rotatable bonds is 10. The van der Waals surface area contributed by atoms with Crippen LogP contribution in [0, 0.1) is 13.8 Å². The molecule has 4 heterocycles. The Morgan fingerprint density at radius 2 is 1.04 bits per heavy atom. The summed E-state index contributed by atoms with van der Waals surface area (Å²) in [5.74, 6) is 0. The van der Waals surface area contributed by atoms with E-state index in [1.54, 1.807) is 12.1 Å². The van der Waals surface area contributed by atoms with Gasteiger partial charge in [0.05, 0.1) is 13.2 Å². The molecule has 0 radical (unpaired) electrons. The summed E-state index contributed by atoms with van der Waals surface area (Å²) < 4.78 is 21.2. The molecule has 0 bridgehead atoms. The molecule has 14 heteroatoms. The first-order valence-corrected chi connectivity index (χ1v) is 15.8. The minimum absolute atomic E-state index is 0.0407. The molecule has 0 spiro atoms. The van der Waals surface area contributed by atoms with Crippen LogP contribution in [0.25, 0.3) is 22.2 Å². The largest absolute Gasteiger partial charge is 0.460 e. The van der Waals surface area contributed by atoms with E-state index in [1.807, 2.05) is 52.0 Å². The van der Waals surface area contributed by atoms with E-state index in [-0.39, 0.29) is 60.6 Å². The summed E-state index contributed by atoms with van der Waals surface area (Å²) in [5.41, 5.74) is 4.11. The molecule has 0 aliphatic rings. The number of benzene rings is 2. The first-order chi connectivity index (χ1) is 24.1. The van der Waals surface area contributed by atoms with Crippen molar-refractivity contribution in [2.24, 2.45) is 0 Å². The fraction of sp³-hybridized carbons (Fsp3) is 0.278. The van der Waals surface area contributed by atoms with Crippen LogP contribution in [-0.2, 0) is 39.3 Å². The van der Waals surface area contributed by atoms with E-state index in [2.05, 4.69) is 19.9 Å². The molecule has 260 valence electrons. The molecular weight excluding hydrogens is 648 g/mol. The number of aryl methyl sites for hydroxylation is 4. The number of ether oxygens (including phenoxy) is 2.